The quantitative estimate of drug-likeness (QED) is 0.571. The Morgan fingerprint density at radius 1 is 1.33 bits per heavy atom. The molecule has 1 nitrogen and oxygen atoms in total. The van der Waals surface area contributed by atoms with Gasteiger partial charge in [0.25, 0.3) is 0 Å². The average molecular weight is 167 g/mol. The summed E-state index contributed by atoms with van der Waals surface area (Å²) >= 11 is 0. The summed E-state index contributed by atoms with van der Waals surface area (Å²) in [6.45, 7) is 10.7. The molecule has 0 spiro atoms. The Morgan fingerprint density at radius 3 is 2.33 bits per heavy atom. The first-order chi connectivity index (χ1) is 5.45. The van der Waals surface area contributed by atoms with Gasteiger partial charge in [0, 0.05) is 6.21 Å². The Bertz CT molecular complexity index is 160. The normalized spacial score (nSPS) is 16.1. The van der Waals surface area contributed by atoms with Crippen molar-refractivity contribution in [3.05, 3.63) is 12.2 Å². The van der Waals surface area contributed by atoms with Crippen LogP contribution in [-0.4, -0.2) is 11.8 Å². The van der Waals surface area contributed by atoms with E-state index in [2.05, 4.69) is 45.7 Å². The smallest absolute Gasteiger partial charge is 0.0524 e. The van der Waals surface area contributed by atoms with Crippen LogP contribution in [0.25, 0.3) is 0 Å². The molecule has 70 valence electrons. The molecule has 0 aliphatic rings. The van der Waals surface area contributed by atoms with E-state index in [-0.39, 0.29) is 5.54 Å². The summed E-state index contributed by atoms with van der Waals surface area (Å²) in [6.07, 6.45) is 7.32. The summed E-state index contributed by atoms with van der Waals surface area (Å²) < 4.78 is 0. The average Bonchev–Trinajstić information content (AvgIpc) is 1.96. The van der Waals surface area contributed by atoms with Gasteiger partial charge in [0.15, 0.2) is 0 Å². The summed E-state index contributed by atoms with van der Waals surface area (Å²) in [5.41, 5.74) is 0.0553. The molecule has 1 atom stereocenters. The molecule has 12 heavy (non-hydrogen) atoms. The Kier molecular flexibility index (Phi) is 4.87. The van der Waals surface area contributed by atoms with E-state index in [4.69, 9.17) is 0 Å². The van der Waals surface area contributed by atoms with E-state index < -0.39 is 0 Å². The van der Waals surface area contributed by atoms with Crippen molar-refractivity contribution >= 4 is 6.21 Å². The highest BCUT2D eigenvalue weighted by atomic mass is 14.8. The highest BCUT2D eigenvalue weighted by Crippen LogP contribution is 2.05. The van der Waals surface area contributed by atoms with E-state index in [1.54, 1.807) is 0 Å². The van der Waals surface area contributed by atoms with E-state index in [1.807, 2.05) is 12.3 Å². The van der Waals surface area contributed by atoms with Crippen LogP contribution in [0.4, 0.5) is 0 Å². The van der Waals surface area contributed by atoms with Crippen molar-refractivity contribution in [2.45, 2.75) is 46.6 Å². The van der Waals surface area contributed by atoms with Crippen LogP contribution < -0.4 is 0 Å². The van der Waals surface area contributed by atoms with Gasteiger partial charge in [0.05, 0.1) is 5.54 Å². The zero-order chi connectivity index (χ0) is 9.61. The Balaban J connectivity index is 3.82. The second-order valence-electron chi connectivity index (χ2n) is 4.22. The predicted molar refractivity (Wildman–Crippen MR) is 56.8 cm³/mol. The first-order valence-electron chi connectivity index (χ1n) is 4.67. The first-order valence-corrected chi connectivity index (χ1v) is 4.67. The zero-order valence-electron chi connectivity index (χ0n) is 8.96. The van der Waals surface area contributed by atoms with Crippen LogP contribution in [0.15, 0.2) is 17.1 Å². The van der Waals surface area contributed by atoms with Crippen LogP contribution in [-0.2, 0) is 0 Å². The highest BCUT2D eigenvalue weighted by molar-refractivity contribution is 5.71. The van der Waals surface area contributed by atoms with E-state index in [1.165, 1.54) is 6.42 Å². The molecule has 0 amide bonds. The van der Waals surface area contributed by atoms with Crippen molar-refractivity contribution in [1.82, 2.24) is 0 Å². The molecule has 0 rings (SSSR count). The first kappa shape index (κ1) is 11.4. The molecule has 0 saturated heterocycles. The summed E-state index contributed by atoms with van der Waals surface area (Å²) in [4.78, 5) is 4.35. The predicted octanol–water partition coefficient (Wildman–Crippen LogP) is 3.46. The van der Waals surface area contributed by atoms with Crippen molar-refractivity contribution in [2.24, 2.45) is 10.9 Å². The van der Waals surface area contributed by atoms with Crippen LogP contribution in [0.3, 0.4) is 0 Å². The lowest BCUT2D eigenvalue weighted by Crippen LogP contribution is -2.08. The second-order valence-corrected chi connectivity index (χ2v) is 4.22. The van der Waals surface area contributed by atoms with Gasteiger partial charge in [-0.3, -0.25) is 4.99 Å². The van der Waals surface area contributed by atoms with Gasteiger partial charge < -0.3 is 0 Å². The maximum atomic E-state index is 4.35. The minimum atomic E-state index is 0.0553. The van der Waals surface area contributed by atoms with E-state index in [0.717, 1.165) is 0 Å². The number of hydrogen-bond acceptors (Lipinski definition) is 1. The lowest BCUT2D eigenvalue weighted by atomic mass is 10.1. The Morgan fingerprint density at radius 2 is 1.92 bits per heavy atom. The van der Waals surface area contributed by atoms with Crippen molar-refractivity contribution in [3.8, 4) is 0 Å². The van der Waals surface area contributed by atoms with Gasteiger partial charge in [-0.1, -0.05) is 26.3 Å². The number of nitrogens with zero attached hydrogens (tertiary/aromatic N) is 1. The van der Waals surface area contributed by atoms with E-state index in [9.17, 15) is 0 Å². The molecule has 0 aliphatic carbocycles. The van der Waals surface area contributed by atoms with Gasteiger partial charge in [0.2, 0.25) is 0 Å². The molecule has 0 fully saturated rings. The van der Waals surface area contributed by atoms with Crippen LogP contribution in [0, 0.1) is 5.92 Å². The molecule has 0 aromatic carbocycles. The molecule has 0 bridgehead atoms. The fourth-order valence-electron chi connectivity index (χ4n) is 0.642. The van der Waals surface area contributed by atoms with Crippen molar-refractivity contribution in [2.75, 3.05) is 0 Å². The summed E-state index contributed by atoms with van der Waals surface area (Å²) in [6, 6.07) is 0. The van der Waals surface area contributed by atoms with Crippen LogP contribution >= 0.6 is 0 Å². The van der Waals surface area contributed by atoms with Crippen molar-refractivity contribution < 1.29 is 0 Å². The minimum Gasteiger partial charge on any atom is -0.287 e. The summed E-state index contributed by atoms with van der Waals surface area (Å²) in [5, 5.41) is 0. The fraction of sp³-hybridized carbons (Fsp3) is 0.727. The number of allylic oxidation sites excluding steroid dienone is 2. The Labute approximate surface area is 76.6 Å². The van der Waals surface area contributed by atoms with Crippen LogP contribution in [0.1, 0.15) is 41.0 Å². The maximum absolute atomic E-state index is 4.35. The number of aliphatic imine (C=N–C) groups is 1. The molecular formula is C11H21N. The molecule has 0 aromatic rings. The molecule has 0 aliphatic heterocycles. The number of hydrogen-bond donors (Lipinski definition) is 0. The highest BCUT2D eigenvalue weighted by Gasteiger charge is 2.03. The van der Waals surface area contributed by atoms with Crippen LogP contribution in [0.5, 0.6) is 0 Å². The van der Waals surface area contributed by atoms with Crippen LogP contribution in [0.2, 0.25) is 0 Å². The molecule has 0 aromatic heterocycles. The van der Waals surface area contributed by atoms with Gasteiger partial charge in [-0.25, -0.2) is 0 Å². The third-order valence-corrected chi connectivity index (χ3v) is 1.63. The van der Waals surface area contributed by atoms with Gasteiger partial charge in [-0.05, 0) is 32.8 Å². The third-order valence-electron chi connectivity index (χ3n) is 1.63. The molecule has 0 radical (unpaired) electrons. The number of rotatable bonds is 3. The molecule has 0 heterocycles. The van der Waals surface area contributed by atoms with Gasteiger partial charge in [-0.2, -0.15) is 0 Å². The molecular weight excluding hydrogens is 146 g/mol. The molecule has 0 N–H and O–H groups in total. The zero-order valence-corrected chi connectivity index (χ0v) is 8.96. The van der Waals surface area contributed by atoms with Gasteiger partial charge >= 0.3 is 0 Å². The van der Waals surface area contributed by atoms with Crippen molar-refractivity contribution in [3.63, 3.8) is 0 Å². The molecule has 1 heteroatoms. The SMILES string of the molecule is CCC(C)/C=C\C=NC(C)(C)C. The molecule has 0 saturated carbocycles. The summed E-state index contributed by atoms with van der Waals surface area (Å²) in [7, 11) is 0. The van der Waals surface area contributed by atoms with E-state index >= 15 is 0 Å². The fourth-order valence-corrected chi connectivity index (χ4v) is 0.642. The topological polar surface area (TPSA) is 12.4 Å². The van der Waals surface area contributed by atoms with Gasteiger partial charge in [0.1, 0.15) is 0 Å². The third kappa shape index (κ3) is 7.52. The van der Waals surface area contributed by atoms with Crippen molar-refractivity contribution in [1.29, 1.82) is 0 Å². The summed E-state index contributed by atoms with van der Waals surface area (Å²) in [5.74, 6) is 0.663. The maximum Gasteiger partial charge on any atom is 0.0524 e. The minimum absolute atomic E-state index is 0.0553. The molecule has 1 unspecified atom stereocenters. The van der Waals surface area contributed by atoms with E-state index in [0.29, 0.717) is 5.92 Å². The lowest BCUT2D eigenvalue weighted by molar-refractivity contribution is 0.587. The van der Waals surface area contributed by atoms with Gasteiger partial charge in [-0.15, -0.1) is 0 Å². The largest absolute Gasteiger partial charge is 0.287 e. The lowest BCUT2D eigenvalue weighted by Gasteiger charge is -2.09. The Hall–Kier alpha value is -0.590. The second kappa shape index (κ2) is 5.13. The monoisotopic (exact) mass is 167 g/mol. The standard InChI is InChI=1S/C11H21N/c1-6-10(2)8-7-9-12-11(3,4)5/h7-10H,6H2,1-5H3/b8-7-,12-9?.